The van der Waals surface area contributed by atoms with Gasteiger partial charge >= 0.3 is 0 Å². The standard InChI is InChI=1S/C10H8Br2N2S/c1-6-3-2-4-7(9(6)12)13-10-14-8(11)5-15-10/h2-5H,1H3,(H,13,14). The number of nitrogens with one attached hydrogen (secondary N) is 1. The Morgan fingerprint density at radius 1 is 1.33 bits per heavy atom. The van der Waals surface area contributed by atoms with Gasteiger partial charge in [-0.3, -0.25) is 0 Å². The van der Waals surface area contributed by atoms with Crippen LogP contribution in [0, 0.1) is 6.92 Å². The van der Waals surface area contributed by atoms with Crippen molar-refractivity contribution in [2.24, 2.45) is 0 Å². The van der Waals surface area contributed by atoms with Crippen LogP contribution in [0.15, 0.2) is 32.7 Å². The highest BCUT2D eigenvalue weighted by Gasteiger charge is 2.04. The number of halogens is 2. The molecule has 2 aromatic rings. The van der Waals surface area contributed by atoms with E-state index in [9.17, 15) is 0 Å². The predicted octanol–water partition coefficient (Wildman–Crippen LogP) is 4.72. The number of anilines is 2. The summed E-state index contributed by atoms with van der Waals surface area (Å²) in [5, 5.41) is 6.10. The molecule has 0 atom stereocenters. The number of hydrogen-bond donors (Lipinski definition) is 1. The maximum Gasteiger partial charge on any atom is 0.188 e. The maximum atomic E-state index is 4.28. The molecule has 0 unspecified atom stereocenters. The first kappa shape index (κ1) is 11.1. The summed E-state index contributed by atoms with van der Waals surface area (Å²) in [6.45, 7) is 2.06. The van der Waals surface area contributed by atoms with Crippen molar-refractivity contribution in [2.45, 2.75) is 6.92 Å². The normalized spacial score (nSPS) is 10.3. The number of aryl methyl sites for hydroxylation is 1. The van der Waals surface area contributed by atoms with E-state index in [1.807, 2.05) is 17.5 Å². The van der Waals surface area contributed by atoms with Crippen molar-refractivity contribution < 1.29 is 0 Å². The molecule has 78 valence electrons. The first-order valence-corrected chi connectivity index (χ1v) is 6.76. The zero-order chi connectivity index (χ0) is 10.8. The van der Waals surface area contributed by atoms with Crippen molar-refractivity contribution in [3.05, 3.63) is 38.2 Å². The Labute approximate surface area is 109 Å². The van der Waals surface area contributed by atoms with Gasteiger partial charge in [-0.05, 0) is 50.4 Å². The lowest BCUT2D eigenvalue weighted by Crippen LogP contribution is -1.91. The molecule has 0 amide bonds. The summed E-state index contributed by atoms with van der Waals surface area (Å²) >= 11 is 8.44. The predicted molar refractivity (Wildman–Crippen MR) is 72.0 cm³/mol. The summed E-state index contributed by atoms with van der Waals surface area (Å²) < 4.78 is 1.94. The quantitative estimate of drug-likeness (QED) is 0.850. The van der Waals surface area contributed by atoms with E-state index < -0.39 is 0 Å². The zero-order valence-electron chi connectivity index (χ0n) is 7.92. The molecule has 1 aromatic heterocycles. The van der Waals surface area contributed by atoms with Crippen LogP contribution in [0.2, 0.25) is 0 Å². The van der Waals surface area contributed by atoms with Crippen LogP contribution < -0.4 is 5.32 Å². The fraction of sp³-hybridized carbons (Fsp3) is 0.100. The Morgan fingerprint density at radius 2 is 2.13 bits per heavy atom. The molecule has 2 nitrogen and oxygen atoms in total. The first-order chi connectivity index (χ1) is 7.16. The van der Waals surface area contributed by atoms with E-state index >= 15 is 0 Å². The highest BCUT2D eigenvalue weighted by molar-refractivity contribution is 9.10. The van der Waals surface area contributed by atoms with Gasteiger partial charge < -0.3 is 5.32 Å². The molecule has 0 bridgehead atoms. The second kappa shape index (κ2) is 4.63. The summed E-state index contributed by atoms with van der Waals surface area (Å²) in [5.74, 6) is 0. The molecule has 1 N–H and O–H groups in total. The second-order valence-corrected chi connectivity index (χ2v) is 5.50. The second-order valence-electron chi connectivity index (χ2n) is 3.04. The monoisotopic (exact) mass is 346 g/mol. The zero-order valence-corrected chi connectivity index (χ0v) is 11.9. The van der Waals surface area contributed by atoms with Crippen molar-refractivity contribution in [2.75, 3.05) is 5.32 Å². The number of aromatic nitrogens is 1. The minimum Gasteiger partial charge on any atom is -0.331 e. The SMILES string of the molecule is Cc1cccc(Nc2nc(Br)cs2)c1Br. The van der Waals surface area contributed by atoms with Gasteiger partial charge in [0, 0.05) is 9.85 Å². The molecular formula is C10H8Br2N2S. The molecular weight excluding hydrogens is 340 g/mol. The largest absolute Gasteiger partial charge is 0.331 e. The molecule has 1 aromatic carbocycles. The number of rotatable bonds is 2. The van der Waals surface area contributed by atoms with Crippen LogP contribution >= 0.6 is 43.2 Å². The summed E-state index contributed by atoms with van der Waals surface area (Å²) in [5.41, 5.74) is 2.24. The minimum atomic E-state index is 0.860. The van der Waals surface area contributed by atoms with Gasteiger partial charge in [-0.15, -0.1) is 11.3 Å². The molecule has 5 heteroatoms. The topological polar surface area (TPSA) is 24.9 Å². The third-order valence-corrected chi connectivity index (χ3v) is 4.43. The van der Waals surface area contributed by atoms with Crippen LogP contribution in [0.25, 0.3) is 0 Å². The highest BCUT2D eigenvalue weighted by atomic mass is 79.9. The van der Waals surface area contributed by atoms with Gasteiger partial charge in [0.15, 0.2) is 5.13 Å². The van der Waals surface area contributed by atoms with Crippen LogP contribution in [0.4, 0.5) is 10.8 Å². The van der Waals surface area contributed by atoms with Crippen molar-refractivity contribution in [1.82, 2.24) is 4.98 Å². The van der Waals surface area contributed by atoms with Crippen molar-refractivity contribution in [3.8, 4) is 0 Å². The average molecular weight is 348 g/mol. The maximum absolute atomic E-state index is 4.28. The smallest absolute Gasteiger partial charge is 0.188 e. The van der Waals surface area contributed by atoms with Crippen molar-refractivity contribution in [3.63, 3.8) is 0 Å². The van der Waals surface area contributed by atoms with E-state index in [4.69, 9.17) is 0 Å². The lowest BCUT2D eigenvalue weighted by molar-refractivity contribution is 1.33. The van der Waals surface area contributed by atoms with Gasteiger partial charge in [0.05, 0.1) is 5.69 Å². The summed E-state index contributed by atoms with van der Waals surface area (Å²) in [7, 11) is 0. The van der Waals surface area contributed by atoms with E-state index in [1.54, 1.807) is 11.3 Å². The van der Waals surface area contributed by atoms with Crippen LogP contribution in [0.3, 0.4) is 0 Å². The van der Waals surface area contributed by atoms with Crippen molar-refractivity contribution >= 4 is 54.0 Å². The molecule has 0 aliphatic heterocycles. The van der Waals surface area contributed by atoms with E-state index in [1.165, 1.54) is 5.56 Å². The Kier molecular flexibility index (Phi) is 3.43. The molecule has 1 heterocycles. The lowest BCUT2D eigenvalue weighted by atomic mass is 10.2. The molecule has 0 radical (unpaired) electrons. The van der Waals surface area contributed by atoms with Crippen LogP contribution in [0.1, 0.15) is 5.56 Å². The van der Waals surface area contributed by atoms with Gasteiger partial charge in [0.2, 0.25) is 0 Å². The lowest BCUT2D eigenvalue weighted by Gasteiger charge is -2.07. The molecule has 0 saturated heterocycles. The fourth-order valence-corrected chi connectivity index (χ4v) is 2.69. The Balaban J connectivity index is 2.28. The molecule has 0 fully saturated rings. The average Bonchev–Trinajstić information content (AvgIpc) is 2.59. The van der Waals surface area contributed by atoms with E-state index in [0.29, 0.717) is 0 Å². The van der Waals surface area contributed by atoms with Crippen molar-refractivity contribution in [1.29, 1.82) is 0 Å². The third-order valence-electron chi connectivity index (χ3n) is 1.91. The Bertz CT molecular complexity index is 482. The van der Waals surface area contributed by atoms with Gasteiger partial charge in [-0.25, -0.2) is 4.98 Å². The molecule has 0 spiro atoms. The van der Waals surface area contributed by atoms with Gasteiger partial charge in [0.25, 0.3) is 0 Å². The number of hydrogen-bond acceptors (Lipinski definition) is 3. The summed E-state index contributed by atoms with van der Waals surface area (Å²) in [6.07, 6.45) is 0. The van der Waals surface area contributed by atoms with E-state index in [0.717, 1.165) is 19.9 Å². The number of thiazole rings is 1. The molecule has 15 heavy (non-hydrogen) atoms. The number of nitrogens with zero attached hydrogens (tertiary/aromatic N) is 1. The first-order valence-electron chi connectivity index (χ1n) is 4.30. The molecule has 0 aliphatic rings. The van der Waals surface area contributed by atoms with Crippen LogP contribution in [-0.2, 0) is 0 Å². The van der Waals surface area contributed by atoms with Gasteiger partial charge in [0.1, 0.15) is 4.60 Å². The van der Waals surface area contributed by atoms with Gasteiger partial charge in [-0.2, -0.15) is 0 Å². The van der Waals surface area contributed by atoms with E-state index in [2.05, 4.69) is 55.2 Å². The highest BCUT2D eigenvalue weighted by Crippen LogP contribution is 2.30. The van der Waals surface area contributed by atoms with Crippen LogP contribution in [-0.4, -0.2) is 4.98 Å². The molecule has 0 saturated carbocycles. The fourth-order valence-electron chi connectivity index (χ4n) is 1.17. The Hall–Kier alpha value is -0.390. The van der Waals surface area contributed by atoms with E-state index in [-0.39, 0.29) is 0 Å². The molecule has 0 aliphatic carbocycles. The number of benzene rings is 1. The molecule has 2 rings (SSSR count). The minimum absolute atomic E-state index is 0.860. The third kappa shape index (κ3) is 2.59. The summed E-state index contributed by atoms with van der Waals surface area (Å²) in [4.78, 5) is 4.28. The van der Waals surface area contributed by atoms with Crippen LogP contribution in [0.5, 0.6) is 0 Å². The van der Waals surface area contributed by atoms with Gasteiger partial charge in [-0.1, -0.05) is 12.1 Å². The Morgan fingerprint density at radius 3 is 2.80 bits per heavy atom. The summed E-state index contributed by atoms with van der Waals surface area (Å²) in [6, 6.07) is 6.10.